The van der Waals surface area contributed by atoms with E-state index in [2.05, 4.69) is 58.6 Å². The molecule has 0 aliphatic heterocycles. The molecule has 0 aromatic heterocycles. The van der Waals surface area contributed by atoms with Gasteiger partial charge in [0, 0.05) is 12.6 Å². The molecule has 0 aliphatic rings. The van der Waals surface area contributed by atoms with Crippen LogP contribution in [0, 0.1) is 20.8 Å². The van der Waals surface area contributed by atoms with Crippen molar-refractivity contribution >= 4 is 0 Å². The van der Waals surface area contributed by atoms with Crippen LogP contribution in [0.2, 0.25) is 0 Å². The number of nitrogens with zero attached hydrogens (tertiary/aromatic N) is 1. The van der Waals surface area contributed by atoms with Crippen molar-refractivity contribution in [3.8, 4) is 0 Å². The van der Waals surface area contributed by atoms with E-state index in [-0.39, 0.29) is 0 Å². The molecule has 1 aromatic rings. The van der Waals surface area contributed by atoms with Gasteiger partial charge in [0.2, 0.25) is 0 Å². The molecular formula is C17H29NO. The normalized spacial score (nSPS) is 14.7. The highest BCUT2D eigenvalue weighted by Crippen LogP contribution is 2.25. The lowest BCUT2D eigenvalue weighted by atomic mass is 9.95. The van der Waals surface area contributed by atoms with Gasteiger partial charge < -0.3 is 5.11 Å². The molecule has 0 aliphatic carbocycles. The Hall–Kier alpha value is -0.860. The Kier molecular flexibility index (Phi) is 6.02. The van der Waals surface area contributed by atoms with Gasteiger partial charge in [0.1, 0.15) is 0 Å². The third-order valence-electron chi connectivity index (χ3n) is 4.10. The number of aliphatic hydroxyl groups excluding tert-OH is 1. The molecule has 2 unspecified atom stereocenters. The van der Waals surface area contributed by atoms with E-state index in [4.69, 9.17) is 0 Å². The Morgan fingerprint density at radius 3 is 2.05 bits per heavy atom. The van der Waals surface area contributed by atoms with Crippen molar-refractivity contribution < 1.29 is 5.11 Å². The Labute approximate surface area is 118 Å². The summed E-state index contributed by atoms with van der Waals surface area (Å²) in [6, 6.07) is 4.83. The fraction of sp³-hybridized carbons (Fsp3) is 0.647. The lowest BCUT2D eigenvalue weighted by Gasteiger charge is -2.30. The van der Waals surface area contributed by atoms with Gasteiger partial charge in [0.05, 0.1) is 6.10 Å². The molecular weight excluding hydrogens is 234 g/mol. The van der Waals surface area contributed by atoms with E-state index in [1.54, 1.807) is 0 Å². The molecule has 0 spiro atoms. The largest absolute Gasteiger partial charge is 0.387 e. The molecule has 0 fully saturated rings. The first-order valence-electron chi connectivity index (χ1n) is 7.40. The van der Waals surface area contributed by atoms with E-state index < -0.39 is 6.10 Å². The molecule has 0 saturated carbocycles. The van der Waals surface area contributed by atoms with Crippen LogP contribution in [0.25, 0.3) is 0 Å². The molecule has 0 amide bonds. The number of likely N-dealkylation sites (N-methyl/N-ethyl adjacent to an activating group) is 1. The molecule has 0 heterocycles. The standard InChI is InChI=1S/C17H29NO/c1-7-15(6)18(8-2)11-16(19)17-13(4)9-12(3)10-14(17)5/h9-10,15-16,19H,7-8,11H2,1-6H3. The van der Waals surface area contributed by atoms with Gasteiger partial charge in [-0.1, -0.05) is 31.5 Å². The van der Waals surface area contributed by atoms with Crippen molar-refractivity contribution in [3.63, 3.8) is 0 Å². The second-order valence-corrected chi connectivity index (χ2v) is 5.67. The SMILES string of the molecule is CCC(C)N(CC)CC(O)c1c(C)cc(C)cc1C. The summed E-state index contributed by atoms with van der Waals surface area (Å²) in [4.78, 5) is 2.35. The quantitative estimate of drug-likeness (QED) is 0.844. The number of aryl methyl sites for hydroxylation is 3. The monoisotopic (exact) mass is 263 g/mol. The summed E-state index contributed by atoms with van der Waals surface area (Å²) < 4.78 is 0. The zero-order valence-corrected chi connectivity index (χ0v) is 13.3. The Bertz CT molecular complexity index is 391. The second-order valence-electron chi connectivity index (χ2n) is 5.67. The van der Waals surface area contributed by atoms with Gasteiger partial charge in [-0.15, -0.1) is 0 Å². The molecule has 1 rings (SSSR count). The summed E-state index contributed by atoms with van der Waals surface area (Å²) in [5, 5.41) is 10.6. The highest BCUT2D eigenvalue weighted by Gasteiger charge is 2.19. The molecule has 2 heteroatoms. The molecule has 2 atom stereocenters. The third kappa shape index (κ3) is 4.05. The number of benzene rings is 1. The lowest BCUT2D eigenvalue weighted by Crippen LogP contribution is -2.36. The third-order valence-corrected chi connectivity index (χ3v) is 4.10. The lowest BCUT2D eigenvalue weighted by molar-refractivity contribution is 0.0926. The van der Waals surface area contributed by atoms with Gasteiger partial charge in [0.15, 0.2) is 0 Å². The maximum Gasteiger partial charge on any atom is 0.0922 e. The van der Waals surface area contributed by atoms with E-state index >= 15 is 0 Å². The van der Waals surface area contributed by atoms with Gasteiger partial charge in [0.25, 0.3) is 0 Å². The zero-order chi connectivity index (χ0) is 14.6. The predicted molar refractivity (Wildman–Crippen MR) is 82.6 cm³/mol. The fourth-order valence-electron chi connectivity index (χ4n) is 2.91. The number of aliphatic hydroxyl groups is 1. The highest BCUT2D eigenvalue weighted by molar-refractivity contribution is 5.39. The van der Waals surface area contributed by atoms with Crippen molar-refractivity contribution in [2.45, 2.75) is 60.1 Å². The Balaban J connectivity index is 2.91. The minimum absolute atomic E-state index is 0.394. The van der Waals surface area contributed by atoms with E-state index in [0.717, 1.165) is 25.1 Å². The summed E-state index contributed by atoms with van der Waals surface area (Å²) in [6.07, 6.45) is 0.724. The van der Waals surface area contributed by atoms with Gasteiger partial charge >= 0.3 is 0 Å². The van der Waals surface area contributed by atoms with Gasteiger partial charge in [-0.3, -0.25) is 4.90 Å². The molecule has 19 heavy (non-hydrogen) atoms. The molecule has 1 N–H and O–H groups in total. The maximum absolute atomic E-state index is 10.6. The first-order valence-corrected chi connectivity index (χ1v) is 7.40. The van der Waals surface area contributed by atoms with Crippen LogP contribution < -0.4 is 0 Å². The molecule has 108 valence electrons. The first kappa shape index (κ1) is 16.2. The van der Waals surface area contributed by atoms with Crippen molar-refractivity contribution in [1.29, 1.82) is 0 Å². The van der Waals surface area contributed by atoms with Crippen LogP contribution in [0.4, 0.5) is 0 Å². The summed E-state index contributed by atoms with van der Waals surface area (Å²) in [6.45, 7) is 14.6. The predicted octanol–water partition coefficient (Wildman–Crippen LogP) is 3.77. The minimum Gasteiger partial charge on any atom is -0.387 e. The number of hydrogen-bond donors (Lipinski definition) is 1. The van der Waals surface area contributed by atoms with Crippen LogP contribution >= 0.6 is 0 Å². The van der Waals surface area contributed by atoms with E-state index in [1.165, 1.54) is 16.7 Å². The van der Waals surface area contributed by atoms with Crippen molar-refractivity contribution in [3.05, 3.63) is 34.4 Å². The van der Waals surface area contributed by atoms with E-state index in [0.29, 0.717) is 6.04 Å². The fourth-order valence-corrected chi connectivity index (χ4v) is 2.91. The molecule has 0 saturated heterocycles. The average Bonchev–Trinajstić information content (AvgIpc) is 2.33. The summed E-state index contributed by atoms with van der Waals surface area (Å²) >= 11 is 0. The van der Waals surface area contributed by atoms with Crippen LogP contribution in [-0.4, -0.2) is 29.1 Å². The summed E-state index contributed by atoms with van der Waals surface area (Å²) in [7, 11) is 0. The summed E-state index contributed by atoms with van der Waals surface area (Å²) in [5.41, 5.74) is 4.77. The average molecular weight is 263 g/mol. The maximum atomic E-state index is 10.6. The number of rotatable bonds is 6. The van der Waals surface area contributed by atoms with Gasteiger partial charge in [-0.2, -0.15) is 0 Å². The van der Waals surface area contributed by atoms with Crippen LogP contribution in [0.3, 0.4) is 0 Å². The van der Waals surface area contributed by atoms with E-state index in [9.17, 15) is 5.11 Å². The molecule has 1 aromatic carbocycles. The Morgan fingerprint density at radius 1 is 1.11 bits per heavy atom. The molecule has 0 bridgehead atoms. The molecule has 0 radical (unpaired) electrons. The van der Waals surface area contributed by atoms with Crippen molar-refractivity contribution in [2.75, 3.05) is 13.1 Å². The van der Waals surface area contributed by atoms with E-state index in [1.807, 2.05) is 0 Å². The van der Waals surface area contributed by atoms with Crippen LogP contribution in [0.15, 0.2) is 12.1 Å². The highest BCUT2D eigenvalue weighted by atomic mass is 16.3. The van der Waals surface area contributed by atoms with Crippen molar-refractivity contribution in [1.82, 2.24) is 4.90 Å². The van der Waals surface area contributed by atoms with Crippen molar-refractivity contribution in [2.24, 2.45) is 0 Å². The molecule has 2 nitrogen and oxygen atoms in total. The van der Waals surface area contributed by atoms with Crippen LogP contribution in [0.1, 0.15) is 55.5 Å². The minimum atomic E-state index is -0.394. The van der Waals surface area contributed by atoms with Crippen LogP contribution in [-0.2, 0) is 0 Å². The second kappa shape index (κ2) is 7.06. The summed E-state index contributed by atoms with van der Waals surface area (Å²) in [5.74, 6) is 0. The van der Waals surface area contributed by atoms with Crippen LogP contribution in [0.5, 0.6) is 0 Å². The number of hydrogen-bond acceptors (Lipinski definition) is 2. The smallest absolute Gasteiger partial charge is 0.0922 e. The van der Waals surface area contributed by atoms with Gasteiger partial charge in [-0.25, -0.2) is 0 Å². The first-order chi connectivity index (χ1) is 8.90. The topological polar surface area (TPSA) is 23.5 Å². The Morgan fingerprint density at radius 2 is 1.63 bits per heavy atom. The zero-order valence-electron chi connectivity index (χ0n) is 13.3. The van der Waals surface area contributed by atoms with Gasteiger partial charge in [-0.05, 0) is 57.4 Å².